The van der Waals surface area contributed by atoms with Crippen molar-refractivity contribution in [2.45, 2.75) is 256 Å². The molecule has 1 fully saturated rings. The Labute approximate surface area is 705 Å². The molecule has 0 bridgehead atoms. The van der Waals surface area contributed by atoms with Crippen LogP contribution in [0.3, 0.4) is 0 Å². The van der Waals surface area contributed by atoms with E-state index in [9.17, 15) is 106 Å². The van der Waals surface area contributed by atoms with E-state index in [2.05, 4.69) is 96.7 Å². The maximum atomic E-state index is 14.5. The summed E-state index contributed by atoms with van der Waals surface area (Å²) in [5.41, 5.74) is 49.5. The monoisotopic (exact) mass is 1740 g/mol. The number of aliphatic imine (C=N–C) groups is 3. The van der Waals surface area contributed by atoms with Gasteiger partial charge in [-0.15, -0.1) is 0 Å². The third-order valence-corrected chi connectivity index (χ3v) is 19.2. The molecule has 0 radical (unpaired) electrons. The summed E-state index contributed by atoms with van der Waals surface area (Å²) in [6.45, 7) is 12.9. The number of thiol groups is 1. The molecule has 16 amide bonds. The molecule has 1 aliphatic heterocycles. The molecule has 121 heavy (non-hydrogen) atoms. The van der Waals surface area contributed by atoms with Crippen LogP contribution < -0.4 is 121 Å². The zero-order valence-electron chi connectivity index (χ0n) is 69.7. The summed E-state index contributed by atoms with van der Waals surface area (Å²) in [6.07, 6.45) is -4.12. The molecule has 0 saturated carbocycles. The second-order valence-corrected chi connectivity index (χ2v) is 30.5. The van der Waals surface area contributed by atoms with Crippen LogP contribution in [0.1, 0.15) is 171 Å². The molecule has 1 aliphatic rings. The van der Waals surface area contributed by atoms with Gasteiger partial charge in [0.2, 0.25) is 94.5 Å². The van der Waals surface area contributed by atoms with Gasteiger partial charge in [0, 0.05) is 51.2 Å². The first-order valence-corrected chi connectivity index (χ1v) is 40.2. The second-order valence-electron chi connectivity index (χ2n) is 30.2. The Hall–Kier alpha value is -11.9. The minimum absolute atomic E-state index is 0.0000119. The van der Waals surface area contributed by atoms with Gasteiger partial charge in [-0.1, -0.05) is 61.8 Å². The fourth-order valence-electron chi connectivity index (χ4n) is 12.0. The summed E-state index contributed by atoms with van der Waals surface area (Å²) < 4.78 is 0. The Morgan fingerprint density at radius 1 is 0.430 bits per heavy atom. The van der Waals surface area contributed by atoms with E-state index >= 15 is 0 Å². The first-order valence-electron chi connectivity index (χ1n) is 39.5. The van der Waals surface area contributed by atoms with Crippen molar-refractivity contribution in [3.63, 3.8) is 0 Å². The van der Waals surface area contributed by atoms with E-state index in [1.165, 1.54) is 34.6 Å². The van der Waals surface area contributed by atoms with E-state index in [0.717, 1.165) is 4.90 Å². The topological polar surface area (TPSA) is 816 Å². The molecule has 682 valence electrons. The average Bonchev–Trinajstić information content (AvgIpc) is 1.71. The number of amides is 16. The van der Waals surface area contributed by atoms with E-state index in [-0.39, 0.29) is 133 Å². The highest BCUT2D eigenvalue weighted by Gasteiger charge is 2.42. The van der Waals surface area contributed by atoms with Gasteiger partial charge in [0.05, 0.1) is 19.0 Å². The van der Waals surface area contributed by atoms with Crippen LogP contribution in [-0.2, 0) is 91.1 Å². The van der Waals surface area contributed by atoms with Crippen molar-refractivity contribution in [3.8, 4) is 0 Å². The molecule has 15 atom stereocenters. The lowest BCUT2D eigenvalue weighted by molar-refractivity contribution is -0.146. The van der Waals surface area contributed by atoms with Gasteiger partial charge in [0.15, 0.2) is 17.9 Å². The first kappa shape index (κ1) is 107. The second kappa shape index (κ2) is 55.0. The maximum absolute atomic E-state index is 14.5. The van der Waals surface area contributed by atoms with Crippen molar-refractivity contribution < 1.29 is 106 Å². The number of likely N-dealkylation sites (tertiary alicyclic amines) is 1. The third-order valence-electron chi connectivity index (χ3n) is 18.8. The molecular formula is C72H126N26O22S. The van der Waals surface area contributed by atoms with E-state index in [1.54, 1.807) is 27.7 Å². The number of carbonyl (C=O) groups excluding carboxylic acids is 16. The van der Waals surface area contributed by atoms with Crippen LogP contribution in [0.2, 0.25) is 0 Å². The van der Waals surface area contributed by atoms with Crippen molar-refractivity contribution in [1.82, 2.24) is 74.0 Å². The van der Waals surface area contributed by atoms with E-state index in [4.69, 9.17) is 51.6 Å². The van der Waals surface area contributed by atoms with Crippen molar-refractivity contribution in [3.05, 3.63) is 0 Å². The minimum Gasteiger partial charge on any atom is -0.481 e. The lowest BCUT2D eigenvalue weighted by atomic mass is 9.96. The highest BCUT2D eigenvalue weighted by atomic mass is 32.1. The fourth-order valence-corrected chi connectivity index (χ4v) is 12.2. The first-order chi connectivity index (χ1) is 56.5. The smallest absolute Gasteiger partial charge is 0.327 e. The fraction of sp³-hybridized carbons (Fsp3) is 0.694. The van der Waals surface area contributed by atoms with Gasteiger partial charge < -0.3 is 141 Å². The molecule has 1 saturated heterocycles. The van der Waals surface area contributed by atoms with Crippen LogP contribution in [0.15, 0.2) is 15.0 Å². The molecule has 0 aliphatic carbocycles. The predicted molar refractivity (Wildman–Crippen MR) is 440 cm³/mol. The number of carbonyl (C=O) groups is 19. The molecular weight excluding hydrogens is 1610 g/mol. The summed E-state index contributed by atoms with van der Waals surface area (Å²) in [7, 11) is 0. The van der Waals surface area contributed by atoms with Gasteiger partial charge >= 0.3 is 17.9 Å². The number of guanidine groups is 3. The maximum Gasteiger partial charge on any atom is 0.327 e. The zero-order valence-corrected chi connectivity index (χ0v) is 70.6. The number of nitrogens with zero attached hydrogens (tertiary/aromatic N) is 4. The summed E-state index contributed by atoms with van der Waals surface area (Å²) in [5.74, 6) is -23.7. The quantitative estimate of drug-likeness (QED) is 0.0116. The molecule has 1 heterocycles. The number of carboxylic acids is 3. The van der Waals surface area contributed by atoms with Crippen LogP contribution in [0.5, 0.6) is 0 Å². The van der Waals surface area contributed by atoms with Gasteiger partial charge in [0.1, 0.15) is 78.5 Å². The average molecular weight is 1740 g/mol. The van der Waals surface area contributed by atoms with Crippen molar-refractivity contribution in [1.29, 1.82) is 0 Å². The third kappa shape index (κ3) is 41.5. The van der Waals surface area contributed by atoms with Crippen molar-refractivity contribution in [2.24, 2.45) is 90.3 Å². The minimum atomic E-state index is -1.86. The summed E-state index contributed by atoms with van der Waals surface area (Å²) in [4.78, 5) is 268. The zero-order chi connectivity index (χ0) is 92.2. The lowest BCUT2D eigenvalue weighted by Crippen LogP contribution is -2.62. The molecule has 49 heteroatoms. The Kier molecular flexibility index (Phi) is 48.7. The molecule has 0 unspecified atom stereocenters. The highest BCUT2D eigenvalue weighted by Crippen LogP contribution is 2.21. The van der Waals surface area contributed by atoms with Crippen molar-refractivity contribution in [2.75, 3.05) is 38.5 Å². The molecule has 48 nitrogen and oxygen atoms in total. The van der Waals surface area contributed by atoms with Crippen molar-refractivity contribution >= 4 is 143 Å². The van der Waals surface area contributed by atoms with Crippen LogP contribution in [0.25, 0.3) is 0 Å². The van der Waals surface area contributed by atoms with Gasteiger partial charge in [-0.25, -0.2) is 4.79 Å². The Morgan fingerprint density at radius 3 is 1.27 bits per heavy atom. The Morgan fingerprint density at radius 2 is 0.826 bits per heavy atom. The highest BCUT2D eigenvalue weighted by molar-refractivity contribution is 7.80. The number of primary amides is 2. The summed E-state index contributed by atoms with van der Waals surface area (Å²) in [5, 5.41) is 61.1. The van der Waals surface area contributed by atoms with Gasteiger partial charge in [-0.05, 0) is 108 Å². The largest absolute Gasteiger partial charge is 0.481 e. The Balaban J connectivity index is 3.63. The number of hydrogen-bond acceptors (Lipinski definition) is 24. The molecule has 0 aromatic carbocycles. The number of carboxylic acid groups (broad SMARTS) is 3. The Bertz CT molecular complexity index is 3690. The molecule has 34 N–H and O–H groups in total. The normalized spacial score (nSPS) is 15.8. The van der Waals surface area contributed by atoms with Crippen LogP contribution in [0.4, 0.5) is 0 Å². The standard InChI is InChI=1S/C72H126N26O22S/c1-10-36(8)55(67(117)86-37(9)56(106)87-40(16-12-26-83-71(78)79)60(110)92-44(29-33(2)3)63(113)94-46(32-121)69(119)120)97-66(116)54(35(6)7)96-62(112)42(20-23-49(75)100)88-61(111)43(21-24-51(102)103)89-59(109)41(17-13-27-84-72(80)81)91-65(115)53(34(4)5)95-50(101)31-85-58(108)39(15-11-25-82-70(76)77)90-64(114)47-18-14-28-98(47)68(118)45(30-52(104)105)93-57(107)38(73)19-22-48(74)99/h33-47,53-55,121H,10-32,73H2,1-9H3,(H2,74,99)(H2,75,100)(H,85,108)(H,86,117)(H,87,106)(H,88,111)(H,89,109)(H,90,114)(H,91,115)(H,92,110)(H,93,107)(H,94,113)(H,95,101)(H,96,112)(H,97,116)(H,102,103)(H,104,105)(H,119,120)(H4,76,77,82)(H4,78,79,83)(H4,80,81,84)/t36-,37-,38-,39-,40-,41-,42-,43-,44-,45-,46-,47-,53-,54-,55-/m0/s1. The molecule has 0 aromatic rings. The molecule has 0 spiro atoms. The van der Waals surface area contributed by atoms with Gasteiger partial charge in [-0.3, -0.25) is 101 Å². The number of aliphatic carboxylic acids is 3. The molecule has 1 rings (SSSR count). The van der Waals surface area contributed by atoms with Crippen LogP contribution in [-0.4, -0.2) is 274 Å². The lowest BCUT2D eigenvalue weighted by Gasteiger charge is -2.30. The van der Waals surface area contributed by atoms with E-state index in [0.29, 0.717) is 0 Å². The van der Waals surface area contributed by atoms with Crippen LogP contribution >= 0.6 is 12.6 Å². The number of nitrogens with two attached hydrogens (primary N) is 9. The number of hydrogen-bond donors (Lipinski definition) is 26. The predicted octanol–water partition coefficient (Wildman–Crippen LogP) is -9.29. The number of nitrogens with one attached hydrogen (secondary N) is 13. The van der Waals surface area contributed by atoms with Gasteiger partial charge in [0.25, 0.3) is 0 Å². The van der Waals surface area contributed by atoms with E-state index < -0.39 is 253 Å². The van der Waals surface area contributed by atoms with Crippen LogP contribution in [0, 0.1) is 23.7 Å². The summed E-state index contributed by atoms with van der Waals surface area (Å²) in [6, 6.07) is -21.2. The SMILES string of the molecule is CC[C@H](C)[C@H](NC(=O)[C@@H](NC(=O)[C@H](CCC(N)=O)NC(=O)[C@H](CCC(=O)O)NC(=O)[C@H](CCCN=C(N)N)NC(=O)[C@@H](NC(=O)CNC(=O)[C@H](CCCN=C(N)N)NC(=O)[C@@H]1CCCN1C(=O)[C@H](CC(=O)O)NC(=O)[C@@H](N)CCC(N)=O)C(C)C)C(C)C)C(=O)N[C@@H](C)C(=O)N[C@@H](CCCN=C(N)N)C(=O)N[C@@H](CC(C)C)C(=O)N[C@@H](CS)C(=O)O. The molecule has 0 aromatic heterocycles. The number of rotatable bonds is 58. The summed E-state index contributed by atoms with van der Waals surface area (Å²) >= 11 is 3.99. The van der Waals surface area contributed by atoms with Gasteiger partial charge in [-0.2, -0.15) is 12.6 Å². The van der Waals surface area contributed by atoms with E-state index in [1.807, 2.05) is 0 Å².